The van der Waals surface area contributed by atoms with Crippen LogP contribution in [-0.2, 0) is 0 Å². The summed E-state index contributed by atoms with van der Waals surface area (Å²) in [7, 11) is 0. The largest absolute Gasteiger partial charge is 0.384 e. The van der Waals surface area contributed by atoms with Gasteiger partial charge < -0.3 is 5.11 Å². The van der Waals surface area contributed by atoms with Gasteiger partial charge in [-0.2, -0.15) is 0 Å². The van der Waals surface area contributed by atoms with Gasteiger partial charge in [-0.3, -0.25) is 0 Å². The smallest absolute Gasteiger partial charge is 0.105 e. The van der Waals surface area contributed by atoms with E-state index in [0.29, 0.717) is 0 Å². The Hall–Kier alpha value is -1.18. The quantitative estimate of drug-likeness (QED) is 0.209. The van der Waals surface area contributed by atoms with E-state index in [2.05, 4.69) is 42.8 Å². The van der Waals surface area contributed by atoms with E-state index < -0.39 is 0 Å². The number of rotatable bonds is 15. The average Bonchev–Trinajstić information content (AvgIpc) is 2.60. The van der Waals surface area contributed by atoms with Crippen LogP contribution in [0.2, 0.25) is 0 Å². The van der Waals surface area contributed by atoms with Gasteiger partial charge in [-0.05, 0) is 43.9 Å². The Morgan fingerprint density at radius 2 is 1.12 bits per heavy atom. The molecule has 0 bridgehead atoms. The predicted molar refractivity (Wildman–Crippen MR) is 107 cm³/mol. The highest BCUT2D eigenvalue weighted by atomic mass is 16.2. The summed E-state index contributed by atoms with van der Waals surface area (Å²) < 4.78 is 0. The fourth-order valence-corrected chi connectivity index (χ4v) is 2.65. The summed E-state index contributed by atoms with van der Waals surface area (Å²) in [5, 5.41) is 8.47. The molecule has 0 atom stereocenters. The molecule has 136 valence electrons. The summed E-state index contributed by atoms with van der Waals surface area (Å²) in [4.78, 5) is 0. The average molecular weight is 331 g/mol. The first kappa shape index (κ1) is 22.8. The summed E-state index contributed by atoms with van der Waals surface area (Å²) in [6, 6.07) is 0. The van der Waals surface area contributed by atoms with Gasteiger partial charge in [0.15, 0.2) is 0 Å². The second-order valence-electron chi connectivity index (χ2n) is 6.45. The van der Waals surface area contributed by atoms with E-state index in [1.54, 1.807) is 0 Å². The molecule has 0 radical (unpaired) electrons. The Balaban J connectivity index is 3.14. The van der Waals surface area contributed by atoms with Gasteiger partial charge >= 0.3 is 0 Å². The highest BCUT2D eigenvalue weighted by Gasteiger charge is 1.91. The molecule has 0 unspecified atom stereocenters. The Morgan fingerprint density at radius 1 is 0.625 bits per heavy atom. The monoisotopic (exact) mass is 330 g/mol. The highest BCUT2D eigenvalue weighted by molar-refractivity contribution is 5.25. The summed E-state index contributed by atoms with van der Waals surface area (Å²) >= 11 is 0. The fraction of sp³-hybridized carbons (Fsp3) is 0.739. The van der Waals surface area contributed by atoms with Crippen molar-refractivity contribution in [2.24, 2.45) is 0 Å². The maximum Gasteiger partial charge on any atom is 0.105 e. The molecule has 24 heavy (non-hydrogen) atoms. The molecule has 1 nitrogen and oxygen atoms in total. The molecule has 0 aliphatic rings. The first-order valence-electron chi connectivity index (χ1n) is 10.1. The highest BCUT2D eigenvalue weighted by Crippen LogP contribution is 2.11. The SMILES string of the molecule is CCCCCCC=CCCCCCCCCCCC#CC#CCO. The zero-order valence-electron chi connectivity index (χ0n) is 15.9. The predicted octanol–water partition coefficient (Wildman–Crippen LogP) is 6.41. The lowest BCUT2D eigenvalue weighted by Crippen LogP contribution is -1.81. The third kappa shape index (κ3) is 20.8. The molecular formula is C23H38O. The molecule has 0 fully saturated rings. The molecule has 0 aromatic heterocycles. The van der Waals surface area contributed by atoms with Crippen LogP contribution in [0.1, 0.15) is 103 Å². The molecule has 0 spiro atoms. The van der Waals surface area contributed by atoms with Crippen molar-refractivity contribution < 1.29 is 5.11 Å². The Bertz CT molecular complexity index is 386. The van der Waals surface area contributed by atoms with Gasteiger partial charge in [0, 0.05) is 6.42 Å². The van der Waals surface area contributed by atoms with Crippen LogP contribution in [0.25, 0.3) is 0 Å². The van der Waals surface area contributed by atoms with Crippen molar-refractivity contribution in [1.82, 2.24) is 0 Å². The number of aliphatic hydroxyl groups excluding tert-OH is 1. The molecule has 0 amide bonds. The normalized spacial score (nSPS) is 10.2. The second-order valence-corrected chi connectivity index (χ2v) is 6.45. The van der Waals surface area contributed by atoms with Crippen LogP contribution in [-0.4, -0.2) is 11.7 Å². The summed E-state index contributed by atoms with van der Waals surface area (Å²) in [5.74, 6) is 10.9. The van der Waals surface area contributed by atoms with E-state index >= 15 is 0 Å². The van der Waals surface area contributed by atoms with E-state index in [0.717, 1.165) is 6.42 Å². The molecule has 0 saturated carbocycles. The summed E-state index contributed by atoms with van der Waals surface area (Å²) in [5.41, 5.74) is 0. The van der Waals surface area contributed by atoms with Crippen LogP contribution in [0, 0.1) is 23.7 Å². The minimum atomic E-state index is -0.0932. The van der Waals surface area contributed by atoms with E-state index in [9.17, 15) is 0 Å². The fourth-order valence-electron chi connectivity index (χ4n) is 2.65. The molecule has 0 saturated heterocycles. The van der Waals surface area contributed by atoms with Crippen LogP contribution in [0.5, 0.6) is 0 Å². The van der Waals surface area contributed by atoms with Crippen molar-refractivity contribution in [3.63, 3.8) is 0 Å². The number of unbranched alkanes of at least 4 members (excludes halogenated alkanes) is 13. The second kappa shape index (κ2) is 21.8. The van der Waals surface area contributed by atoms with Crippen molar-refractivity contribution in [3.8, 4) is 23.7 Å². The molecule has 0 aromatic carbocycles. The van der Waals surface area contributed by atoms with E-state index in [-0.39, 0.29) is 6.61 Å². The number of allylic oxidation sites excluding steroid dienone is 2. The molecule has 1 heteroatoms. The lowest BCUT2D eigenvalue weighted by atomic mass is 10.1. The van der Waals surface area contributed by atoms with Crippen molar-refractivity contribution >= 4 is 0 Å². The maximum atomic E-state index is 8.47. The summed E-state index contributed by atoms with van der Waals surface area (Å²) in [6.45, 7) is 2.17. The standard InChI is InChI=1S/C23H38O/c1-2-3-4-5-6-7-8-9-10-11-12-13-14-15-16-17-18-19-20-21-22-23-24/h7-8,24H,2-6,9-18,23H2,1H3. The van der Waals surface area contributed by atoms with Gasteiger partial charge in [0.1, 0.15) is 6.61 Å². The zero-order chi connectivity index (χ0) is 17.6. The Morgan fingerprint density at radius 3 is 1.71 bits per heavy atom. The van der Waals surface area contributed by atoms with Gasteiger partial charge in [0.2, 0.25) is 0 Å². The van der Waals surface area contributed by atoms with Crippen LogP contribution in [0.4, 0.5) is 0 Å². The number of aliphatic hydroxyl groups is 1. The lowest BCUT2D eigenvalue weighted by Gasteiger charge is -2.00. The van der Waals surface area contributed by atoms with Crippen molar-refractivity contribution in [3.05, 3.63) is 12.2 Å². The van der Waals surface area contributed by atoms with Gasteiger partial charge in [-0.25, -0.2) is 0 Å². The number of hydrogen-bond donors (Lipinski definition) is 1. The maximum absolute atomic E-state index is 8.47. The minimum absolute atomic E-state index is 0.0932. The topological polar surface area (TPSA) is 20.2 Å². The van der Waals surface area contributed by atoms with Gasteiger partial charge in [-0.15, -0.1) is 0 Å². The third-order valence-corrected chi connectivity index (χ3v) is 4.13. The molecule has 1 N–H and O–H groups in total. The van der Waals surface area contributed by atoms with Crippen molar-refractivity contribution in [2.75, 3.05) is 6.61 Å². The van der Waals surface area contributed by atoms with Crippen molar-refractivity contribution in [2.45, 2.75) is 103 Å². The first-order chi connectivity index (χ1) is 11.9. The van der Waals surface area contributed by atoms with Gasteiger partial charge in [0.25, 0.3) is 0 Å². The number of hydrogen-bond acceptors (Lipinski definition) is 1. The molecular weight excluding hydrogens is 292 g/mol. The molecule has 0 rings (SSSR count). The Kier molecular flexibility index (Phi) is 20.7. The molecule has 0 aromatic rings. The van der Waals surface area contributed by atoms with E-state index in [4.69, 9.17) is 5.11 Å². The lowest BCUT2D eigenvalue weighted by molar-refractivity contribution is 0.350. The van der Waals surface area contributed by atoms with E-state index in [1.165, 1.54) is 89.9 Å². The van der Waals surface area contributed by atoms with Gasteiger partial charge in [-0.1, -0.05) is 88.7 Å². The first-order valence-corrected chi connectivity index (χ1v) is 10.1. The van der Waals surface area contributed by atoms with Crippen LogP contribution >= 0.6 is 0 Å². The Labute approximate surface area is 151 Å². The van der Waals surface area contributed by atoms with Gasteiger partial charge in [0.05, 0.1) is 0 Å². The third-order valence-electron chi connectivity index (χ3n) is 4.13. The molecule has 0 heterocycles. The zero-order valence-corrected chi connectivity index (χ0v) is 15.9. The minimum Gasteiger partial charge on any atom is -0.384 e. The summed E-state index contributed by atoms with van der Waals surface area (Å²) in [6.07, 6.45) is 24.4. The molecule has 0 aliphatic carbocycles. The van der Waals surface area contributed by atoms with Crippen LogP contribution < -0.4 is 0 Å². The van der Waals surface area contributed by atoms with Crippen molar-refractivity contribution in [1.29, 1.82) is 0 Å². The van der Waals surface area contributed by atoms with Crippen LogP contribution in [0.3, 0.4) is 0 Å². The van der Waals surface area contributed by atoms with E-state index in [1.807, 2.05) is 0 Å². The molecule has 0 aliphatic heterocycles. The van der Waals surface area contributed by atoms with Crippen LogP contribution in [0.15, 0.2) is 12.2 Å².